The van der Waals surface area contributed by atoms with E-state index in [2.05, 4.69) is 0 Å². The van der Waals surface area contributed by atoms with Crippen molar-refractivity contribution in [2.24, 2.45) is 0 Å². The molecule has 1 aromatic carbocycles. The lowest BCUT2D eigenvalue weighted by molar-refractivity contribution is 0.195. The zero-order valence-corrected chi connectivity index (χ0v) is 6.79. The van der Waals surface area contributed by atoms with Crippen molar-refractivity contribution in [2.75, 3.05) is 0 Å². The van der Waals surface area contributed by atoms with Crippen LogP contribution in [0.1, 0.15) is 12.5 Å². The van der Waals surface area contributed by atoms with Gasteiger partial charge in [0.05, 0.1) is 6.10 Å². The topological polar surface area (TPSA) is 40.5 Å². The molecule has 1 rings (SSSR count). The lowest BCUT2D eigenvalue weighted by atomic mass is 10.1. The van der Waals surface area contributed by atoms with Crippen molar-refractivity contribution in [1.29, 1.82) is 0 Å². The van der Waals surface area contributed by atoms with Gasteiger partial charge >= 0.3 is 0 Å². The first kappa shape index (κ1) is 9.00. The highest BCUT2D eigenvalue weighted by Crippen LogP contribution is 2.15. The number of rotatable bonds is 2. The molecular formula is C9H11FO2. The van der Waals surface area contributed by atoms with E-state index < -0.39 is 11.9 Å². The fraction of sp³-hybridized carbons (Fsp3) is 0.333. The lowest BCUT2D eigenvalue weighted by Crippen LogP contribution is -2.04. The third kappa shape index (κ3) is 2.51. The molecule has 0 aromatic heterocycles. The number of benzene rings is 1. The Labute approximate surface area is 70.3 Å². The van der Waals surface area contributed by atoms with Crippen LogP contribution in [0, 0.1) is 5.82 Å². The van der Waals surface area contributed by atoms with Crippen LogP contribution in [0.5, 0.6) is 5.75 Å². The van der Waals surface area contributed by atoms with Crippen LogP contribution in [-0.2, 0) is 6.42 Å². The first-order valence-corrected chi connectivity index (χ1v) is 3.74. The standard InChI is InChI=1S/C9H11FO2/c1-6(11)2-7-3-8(10)5-9(12)4-7/h3-6,11-12H,2H2,1H3. The van der Waals surface area contributed by atoms with Gasteiger partial charge in [-0.2, -0.15) is 0 Å². The number of aliphatic hydroxyl groups excluding tert-OH is 1. The molecule has 12 heavy (non-hydrogen) atoms. The first-order valence-electron chi connectivity index (χ1n) is 3.74. The smallest absolute Gasteiger partial charge is 0.127 e. The molecule has 1 unspecified atom stereocenters. The summed E-state index contributed by atoms with van der Waals surface area (Å²) in [5, 5.41) is 18.0. The second kappa shape index (κ2) is 3.54. The Hall–Kier alpha value is -1.09. The van der Waals surface area contributed by atoms with Crippen molar-refractivity contribution >= 4 is 0 Å². The van der Waals surface area contributed by atoms with E-state index in [1.165, 1.54) is 12.1 Å². The van der Waals surface area contributed by atoms with Crippen LogP contribution in [0.25, 0.3) is 0 Å². The molecular weight excluding hydrogens is 159 g/mol. The van der Waals surface area contributed by atoms with E-state index in [9.17, 15) is 4.39 Å². The van der Waals surface area contributed by atoms with Crippen LogP contribution in [-0.4, -0.2) is 16.3 Å². The SMILES string of the molecule is CC(O)Cc1cc(O)cc(F)c1. The van der Waals surface area contributed by atoms with E-state index >= 15 is 0 Å². The van der Waals surface area contributed by atoms with Crippen molar-refractivity contribution < 1.29 is 14.6 Å². The van der Waals surface area contributed by atoms with Gasteiger partial charge in [0.25, 0.3) is 0 Å². The third-order valence-electron chi connectivity index (χ3n) is 1.47. The van der Waals surface area contributed by atoms with Crippen LogP contribution in [0.15, 0.2) is 18.2 Å². The molecule has 66 valence electrons. The number of hydrogen-bond acceptors (Lipinski definition) is 2. The number of phenolic OH excluding ortho intramolecular Hbond substituents is 1. The van der Waals surface area contributed by atoms with Crippen molar-refractivity contribution in [3.63, 3.8) is 0 Å². The quantitative estimate of drug-likeness (QED) is 0.705. The van der Waals surface area contributed by atoms with Gasteiger partial charge < -0.3 is 10.2 Å². The molecule has 0 aliphatic carbocycles. The van der Waals surface area contributed by atoms with Crippen LogP contribution in [0.4, 0.5) is 4.39 Å². The predicted molar refractivity (Wildman–Crippen MR) is 43.4 cm³/mol. The second-order valence-electron chi connectivity index (χ2n) is 2.87. The third-order valence-corrected chi connectivity index (χ3v) is 1.47. The largest absolute Gasteiger partial charge is 0.508 e. The second-order valence-corrected chi connectivity index (χ2v) is 2.87. The Kier molecular flexibility index (Phi) is 2.65. The molecule has 0 radical (unpaired) electrons. The van der Waals surface area contributed by atoms with E-state index in [0.29, 0.717) is 12.0 Å². The van der Waals surface area contributed by atoms with E-state index in [4.69, 9.17) is 10.2 Å². The maximum Gasteiger partial charge on any atom is 0.127 e. The molecule has 2 N–H and O–H groups in total. The number of aliphatic hydroxyl groups is 1. The van der Waals surface area contributed by atoms with Gasteiger partial charge in [-0.1, -0.05) is 0 Å². The molecule has 1 atom stereocenters. The normalized spacial score (nSPS) is 12.9. The zero-order valence-electron chi connectivity index (χ0n) is 6.79. The summed E-state index contributed by atoms with van der Waals surface area (Å²) in [6.07, 6.45) is -0.170. The maximum absolute atomic E-state index is 12.6. The highest BCUT2D eigenvalue weighted by atomic mass is 19.1. The number of halogens is 1. The van der Waals surface area contributed by atoms with Crippen molar-refractivity contribution in [2.45, 2.75) is 19.4 Å². The minimum atomic E-state index is -0.522. The van der Waals surface area contributed by atoms with Crippen LogP contribution in [0.3, 0.4) is 0 Å². The van der Waals surface area contributed by atoms with Gasteiger partial charge in [0.1, 0.15) is 11.6 Å². The first-order chi connectivity index (χ1) is 5.58. The summed E-state index contributed by atoms with van der Waals surface area (Å²) in [6, 6.07) is 3.77. The Morgan fingerprint density at radius 1 is 1.42 bits per heavy atom. The average Bonchev–Trinajstić information content (AvgIpc) is 1.81. The molecule has 0 heterocycles. The Bertz CT molecular complexity index is 251. The molecule has 0 amide bonds. The van der Waals surface area contributed by atoms with Crippen LogP contribution in [0.2, 0.25) is 0 Å². The van der Waals surface area contributed by atoms with Crippen molar-refractivity contribution in [3.05, 3.63) is 29.6 Å². The summed E-state index contributed by atoms with van der Waals surface area (Å²) < 4.78 is 12.6. The van der Waals surface area contributed by atoms with Gasteiger partial charge in [0, 0.05) is 6.07 Å². The average molecular weight is 170 g/mol. The highest BCUT2D eigenvalue weighted by molar-refractivity contribution is 5.28. The monoisotopic (exact) mass is 170 g/mol. The molecule has 0 saturated heterocycles. The molecule has 0 spiro atoms. The minimum absolute atomic E-state index is 0.106. The van der Waals surface area contributed by atoms with Gasteiger partial charge in [-0.3, -0.25) is 0 Å². The zero-order chi connectivity index (χ0) is 9.14. The van der Waals surface area contributed by atoms with E-state index in [0.717, 1.165) is 6.07 Å². The van der Waals surface area contributed by atoms with Crippen molar-refractivity contribution in [3.8, 4) is 5.75 Å². The van der Waals surface area contributed by atoms with Gasteiger partial charge in [0.15, 0.2) is 0 Å². The summed E-state index contributed by atoms with van der Waals surface area (Å²) in [4.78, 5) is 0. The van der Waals surface area contributed by atoms with Crippen LogP contribution >= 0.6 is 0 Å². The van der Waals surface area contributed by atoms with E-state index in [1.54, 1.807) is 6.92 Å². The fourth-order valence-electron chi connectivity index (χ4n) is 1.09. The Morgan fingerprint density at radius 3 is 2.58 bits per heavy atom. The van der Waals surface area contributed by atoms with Gasteiger partial charge in [-0.05, 0) is 31.0 Å². The summed E-state index contributed by atoms with van der Waals surface area (Å²) >= 11 is 0. The summed E-state index contributed by atoms with van der Waals surface area (Å²) in [7, 11) is 0. The van der Waals surface area contributed by atoms with E-state index in [-0.39, 0.29) is 5.75 Å². The molecule has 3 heteroatoms. The van der Waals surface area contributed by atoms with E-state index in [1.807, 2.05) is 0 Å². The molecule has 2 nitrogen and oxygen atoms in total. The van der Waals surface area contributed by atoms with Gasteiger partial charge in [0.2, 0.25) is 0 Å². The molecule has 0 fully saturated rings. The van der Waals surface area contributed by atoms with Gasteiger partial charge in [-0.15, -0.1) is 0 Å². The van der Waals surface area contributed by atoms with Gasteiger partial charge in [-0.25, -0.2) is 4.39 Å². The molecule has 0 saturated carbocycles. The number of aromatic hydroxyl groups is 1. The Balaban J connectivity index is 2.85. The maximum atomic E-state index is 12.6. The highest BCUT2D eigenvalue weighted by Gasteiger charge is 2.02. The fourth-order valence-corrected chi connectivity index (χ4v) is 1.09. The lowest BCUT2D eigenvalue weighted by Gasteiger charge is -2.04. The molecule has 0 aliphatic rings. The summed E-state index contributed by atoms with van der Waals surface area (Å²) in [5.41, 5.74) is 0.600. The minimum Gasteiger partial charge on any atom is -0.508 e. The predicted octanol–water partition coefficient (Wildman–Crippen LogP) is 1.45. The molecule has 0 bridgehead atoms. The van der Waals surface area contributed by atoms with Crippen molar-refractivity contribution in [1.82, 2.24) is 0 Å². The molecule has 0 aliphatic heterocycles. The Morgan fingerprint density at radius 2 is 2.08 bits per heavy atom. The number of phenols is 1. The number of hydrogen-bond donors (Lipinski definition) is 2. The van der Waals surface area contributed by atoms with Crippen LogP contribution < -0.4 is 0 Å². The summed E-state index contributed by atoms with van der Waals surface area (Å²) in [5.74, 6) is -0.587. The molecule has 1 aromatic rings. The summed E-state index contributed by atoms with van der Waals surface area (Å²) in [6.45, 7) is 1.61.